The highest BCUT2D eigenvalue weighted by atomic mass is 79.9. The van der Waals surface area contributed by atoms with Crippen molar-refractivity contribution in [3.63, 3.8) is 0 Å². The number of rotatable bonds is 0. The highest BCUT2D eigenvalue weighted by Crippen LogP contribution is 2.17. The molecular weight excluding hydrogens is 170 g/mol. The van der Waals surface area contributed by atoms with E-state index in [9.17, 15) is 0 Å². The summed E-state index contributed by atoms with van der Waals surface area (Å²) in [5.41, 5.74) is 0. The summed E-state index contributed by atoms with van der Waals surface area (Å²) in [6.45, 7) is 2.04. The predicted octanol–water partition coefficient (Wildman–Crippen LogP) is 0.325. The highest BCUT2D eigenvalue weighted by molar-refractivity contribution is 8.93. The van der Waals surface area contributed by atoms with Crippen LogP contribution in [0, 0.1) is 0 Å². The van der Waals surface area contributed by atoms with Crippen molar-refractivity contribution in [1.82, 2.24) is 5.32 Å². The monoisotopic (exact) mass is 179 g/mol. The SMILES string of the molecule is Br.C1O[C@@H]2CN[C@H]1C2. The van der Waals surface area contributed by atoms with Crippen molar-refractivity contribution in [1.29, 1.82) is 0 Å². The second kappa shape index (κ2) is 2.33. The van der Waals surface area contributed by atoms with E-state index >= 15 is 0 Å². The summed E-state index contributed by atoms with van der Waals surface area (Å²) in [5.74, 6) is 0. The van der Waals surface area contributed by atoms with Gasteiger partial charge < -0.3 is 10.1 Å². The Bertz CT molecular complexity index is 70.5. The van der Waals surface area contributed by atoms with Gasteiger partial charge in [0, 0.05) is 12.6 Å². The third-order valence-electron chi connectivity index (χ3n) is 1.71. The Morgan fingerprint density at radius 3 is 2.50 bits per heavy atom. The number of ether oxygens (including phenoxy) is 1. The number of fused-ring (bicyclic) bond motifs is 2. The van der Waals surface area contributed by atoms with Crippen molar-refractivity contribution >= 4 is 17.0 Å². The number of hydrogen-bond acceptors (Lipinski definition) is 2. The first-order valence-corrected chi connectivity index (χ1v) is 2.80. The number of morpholine rings is 1. The molecule has 2 nitrogen and oxygen atoms in total. The molecule has 0 aromatic heterocycles. The van der Waals surface area contributed by atoms with Gasteiger partial charge in [-0.3, -0.25) is 0 Å². The summed E-state index contributed by atoms with van der Waals surface area (Å²) < 4.78 is 5.29. The van der Waals surface area contributed by atoms with Gasteiger partial charge in [-0.05, 0) is 6.42 Å². The molecule has 0 amide bonds. The van der Waals surface area contributed by atoms with Crippen LogP contribution in [0.25, 0.3) is 0 Å². The zero-order valence-corrected chi connectivity index (χ0v) is 6.31. The first kappa shape index (κ1) is 6.52. The van der Waals surface area contributed by atoms with E-state index in [4.69, 9.17) is 4.74 Å². The van der Waals surface area contributed by atoms with Gasteiger partial charge >= 0.3 is 0 Å². The van der Waals surface area contributed by atoms with Crippen LogP contribution >= 0.6 is 17.0 Å². The van der Waals surface area contributed by atoms with Gasteiger partial charge in [-0.1, -0.05) is 0 Å². The molecule has 0 aromatic rings. The van der Waals surface area contributed by atoms with Gasteiger partial charge in [0.1, 0.15) is 0 Å². The van der Waals surface area contributed by atoms with Crippen LogP contribution < -0.4 is 5.32 Å². The molecule has 48 valence electrons. The molecule has 3 heteroatoms. The maximum Gasteiger partial charge on any atom is 0.0716 e. The number of halogens is 1. The quantitative estimate of drug-likeness (QED) is 0.579. The second-order valence-corrected chi connectivity index (χ2v) is 2.30. The van der Waals surface area contributed by atoms with Crippen molar-refractivity contribution < 1.29 is 4.74 Å². The molecule has 2 bridgehead atoms. The lowest BCUT2D eigenvalue weighted by Gasteiger charge is -2.09. The molecule has 0 unspecified atom stereocenters. The molecule has 0 saturated carbocycles. The summed E-state index contributed by atoms with van der Waals surface area (Å²) in [5, 5.41) is 3.33. The Hall–Kier alpha value is 0.400. The van der Waals surface area contributed by atoms with E-state index in [1.54, 1.807) is 0 Å². The zero-order chi connectivity index (χ0) is 4.69. The minimum absolute atomic E-state index is 0. The average molecular weight is 180 g/mol. The maximum absolute atomic E-state index is 5.29. The molecule has 1 N–H and O–H groups in total. The smallest absolute Gasteiger partial charge is 0.0716 e. The molecule has 2 atom stereocenters. The topological polar surface area (TPSA) is 21.3 Å². The second-order valence-electron chi connectivity index (χ2n) is 2.30. The average Bonchev–Trinajstić information content (AvgIpc) is 2.22. The van der Waals surface area contributed by atoms with Crippen molar-refractivity contribution in [3.05, 3.63) is 0 Å². The van der Waals surface area contributed by atoms with Gasteiger partial charge in [0.25, 0.3) is 0 Å². The highest BCUT2D eigenvalue weighted by Gasteiger charge is 2.31. The van der Waals surface area contributed by atoms with Gasteiger partial charge in [0.2, 0.25) is 0 Å². The summed E-state index contributed by atoms with van der Waals surface area (Å²) in [7, 11) is 0. The zero-order valence-electron chi connectivity index (χ0n) is 4.59. The summed E-state index contributed by atoms with van der Waals surface area (Å²) >= 11 is 0. The molecule has 2 saturated heterocycles. The van der Waals surface area contributed by atoms with Crippen LogP contribution in [0.15, 0.2) is 0 Å². The Morgan fingerprint density at radius 1 is 1.50 bits per heavy atom. The lowest BCUT2D eigenvalue weighted by Crippen LogP contribution is -2.30. The molecule has 0 radical (unpaired) electrons. The van der Waals surface area contributed by atoms with Crippen molar-refractivity contribution in [3.8, 4) is 0 Å². The maximum atomic E-state index is 5.29. The van der Waals surface area contributed by atoms with Gasteiger partial charge in [-0.25, -0.2) is 0 Å². The van der Waals surface area contributed by atoms with Crippen LogP contribution in [0.2, 0.25) is 0 Å². The van der Waals surface area contributed by atoms with Crippen LogP contribution in [0.5, 0.6) is 0 Å². The molecule has 2 heterocycles. The molecular formula is C5H10BrNO. The summed E-state index contributed by atoms with van der Waals surface area (Å²) in [6.07, 6.45) is 1.81. The van der Waals surface area contributed by atoms with E-state index in [2.05, 4.69) is 5.32 Å². The predicted molar refractivity (Wildman–Crippen MR) is 36.5 cm³/mol. The van der Waals surface area contributed by atoms with Crippen molar-refractivity contribution in [2.45, 2.75) is 18.6 Å². The molecule has 2 aliphatic rings. The van der Waals surface area contributed by atoms with Gasteiger partial charge in [-0.15, -0.1) is 17.0 Å². The standard InChI is InChI=1S/C5H9NO.BrH/c1-4-3-7-5(1)2-6-4;/h4-6H,1-3H2;1H/t4-,5-;/m0./s1. The third-order valence-corrected chi connectivity index (χ3v) is 1.71. The van der Waals surface area contributed by atoms with Crippen LogP contribution in [0.3, 0.4) is 0 Å². The lowest BCUT2D eigenvalue weighted by molar-refractivity contribution is 0.0892. The van der Waals surface area contributed by atoms with Gasteiger partial charge in [-0.2, -0.15) is 0 Å². The first-order chi connectivity index (χ1) is 3.45. The number of hydrogen-bond donors (Lipinski definition) is 1. The molecule has 2 fully saturated rings. The normalized spacial score (nSPS) is 42.0. The molecule has 0 aliphatic carbocycles. The van der Waals surface area contributed by atoms with E-state index < -0.39 is 0 Å². The Labute approximate surface area is 59.4 Å². The van der Waals surface area contributed by atoms with E-state index in [0.717, 1.165) is 13.2 Å². The summed E-state index contributed by atoms with van der Waals surface area (Å²) in [4.78, 5) is 0. The van der Waals surface area contributed by atoms with E-state index in [-0.39, 0.29) is 17.0 Å². The fourth-order valence-electron chi connectivity index (χ4n) is 1.29. The minimum Gasteiger partial charge on any atom is -0.375 e. The molecule has 2 aliphatic heterocycles. The van der Waals surface area contributed by atoms with Crippen molar-refractivity contribution in [2.75, 3.05) is 13.2 Å². The largest absolute Gasteiger partial charge is 0.375 e. The molecule has 2 rings (SSSR count). The Morgan fingerprint density at radius 2 is 2.38 bits per heavy atom. The van der Waals surface area contributed by atoms with Gasteiger partial charge in [0.05, 0.1) is 12.7 Å². The third kappa shape index (κ3) is 0.900. The Balaban J connectivity index is 0.000000320. The van der Waals surface area contributed by atoms with Crippen molar-refractivity contribution in [2.24, 2.45) is 0 Å². The van der Waals surface area contributed by atoms with E-state index in [1.807, 2.05) is 0 Å². The van der Waals surface area contributed by atoms with Gasteiger partial charge in [0.15, 0.2) is 0 Å². The fourth-order valence-corrected chi connectivity index (χ4v) is 1.29. The Kier molecular flexibility index (Phi) is 1.90. The molecule has 0 aromatic carbocycles. The van der Waals surface area contributed by atoms with Crippen LogP contribution in [-0.4, -0.2) is 25.3 Å². The van der Waals surface area contributed by atoms with E-state index in [0.29, 0.717) is 12.1 Å². The lowest BCUT2D eigenvalue weighted by atomic mass is 10.3. The molecule has 0 spiro atoms. The number of nitrogens with one attached hydrogen (secondary N) is 1. The van der Waals surface area contributed by atoms with Crippen LogP contribution in [0.1, 0.15) is 6.42 Å². The fraction of sp³-hybridized carbons (Fsp3) is 1.00. The van der Waals surface area contributed by atoms with Crippen LogP contribution in [0.4, 0.5) is 0 Å². The first-order valence-electron chi connectivity index (χ1n) is 2.80. The molecule has 8 heavy (non-hydrogen) atoms. The summed E-state index contributed by atoms with van der Waals surface area (Å²) in [6, 6.07) is 0.699. The minimum atomic E-state index is 0. The van der Waals surface area contributed by atoms with Crippen LogP contribution in [-0.2, 0) is 4.74 Å². The van der Waals surface area contributed by atoms with E-state index in [1.165, 1.54) is 6.42 Å².